The molecule has 12 rings (SSSR count). The zero-order chi connectivity index (χ0) is 52.0. The molecule has 0 saturated heterocycles. The van der Waals surface area contributed by atoms with Gasteiger partial charge in [-0.3, -0.25) is 4.39 Å². The standard InChI is InChI=1S/C38H29FN2.C33H32NO.Ir/c39-36-20-18-34(19-21-36)38-22-15-29(27-41-38)10-12-31-24-30(25-35(26-31)32-6-2-1-3-7-32)11-9-28-13-16-33(17-14-28)37-8-4-5-23-40-37;1-21-18-24(23-14-16-33(3,4)17-15-23)12-13-25(21)29-19-30(34-20-22(29)2)28-10-7-9-27-26-8-5-6-11-31(26)35-32(27)28;/h1-8,13-16,18,20-27H,9-12H2;5-9,11-13,18-20,23H,14-17H2,1-4H3;/q-2;-1;+3. The molecule has 0 amide bonds. The minimum absolute atomic E-state index is 0. The Morgan fingerprint density at radius 1 is 0.545 bits per heavy atom. The first-order valence-corrected chi connectivity index (χ1v) is 26.7. The van der Waals surface area contributed by atoms with Crippen LogP contribution in [0, 0.1) is 43.3 Å². The largest absolute Gasteiger partial charge is 3.00 e. The third kappa shape index (κ3) is 12.5. The van der Waals surface area contributed by atoms with Crippen LogP contribution in [0.5, 0.6) is 0 Å². The fourth-order valence-corrected chi connectivity index (χ4v) is 10.8. The van der Waals surface area contributed by atoms with Gasteiger partial charge in [-0.1, -0.05) is 146 Å². The molecule has 0 radical (unpaired) electrons. The number of aromatic nitrogens is 3. The first-order valence-electron chi connectivity index (χ1n) is 26.7. The number of hydrogen-bond acceptors (Lipinski definition) is 4. The molecule has 7 aromatic carbocycles. The van der Waals surface area contributed by atoms with Crippen LogP contribution in [-0.4, -0.2) is 15.0 Å². The van der Waals surface area contributed by atoms with E-state index in [0.29, 0.717) is 11.3 Å². The summed E-state index contributed by atoms with van der Waals surface area (Å²) in [4.78, 5) is 13.8. The molecule has 4 aromatic heterocycles. The summed E-state index contributed by atoms with van der Waals surface area (Å²) in [6.45, 7) is 9.21. The second-order valence-corrected chi connectivity index (χ2v) is 21.3. The number of para-hydroxylation sites is 1. The maximum atomic E-state index is 13.2. The Labute approximate surface area is 466 Å². The first-order chi connectivity index (χ1) is 37.1. The molecule has 0 atom stereocenters. The minimum Gasteiger partial charge on any atom is -0.501 e. The van der Waals surface area contributed by atoms with Crippen LogP contribution in [0.2, 0.25) is 0 Å². The van der Waals surface area contributed by atoms with Crippen molar-refractivity contribution < 1.29 is 28.9 Å². The average Bonchev–Trinajstić information content (AvgIpc) is 3.88. The second kappa shape index (κ2) is 23.7. The summed E-state index contributed by atoms with van der Waals surface area (Å²) in [5.41, 5.74) is 21.7. The smallest absolute Gasteiger partial charge is 0.501 e. The Hall–Kier alpha value is -7.63. The van der Waals surface area contributed by atoms with Crippen molar-refractivity contribution in [2.24, 2.45) is 5.41 Å². The van der Waals surface area contributed by atoms with E-state index in [4.69, 9.17) is 9.40 Å². The Morgan fingerprint density at radius 3 is 1.94 bits per heavy atom. The molecule has 6 heteroatoms. The number of benzene rings is 7. The van der Waals surface area contributed by atoms with Crippen LogP contribution >= 0.6 is 0 Å². The van der Waals surface area contributed by atoms with E-state index in [0.717, 1.165) is 81.4 Å². The van der Waals surface area contributed by atoms with E-state index in [1.165, 1.54) is 99.0 Å². The number of fused-ring (bicyclic) bond motifs is 3. The van der Waals surface area contributed by atoms with Crippen LogP contribution in [0.1, 0.15) is 84.4 Å². The van der Waals surface area contributed by atoms with Gasteiger partial charge in [0.25, 0.3) is 0 Å². The van der Waals surface area contributed by atoms with Gasteiger partial charge in [0, 0.05) is 29.8 Å². The van der Waals surface area contributed by atoms with E-state index < -0.39 is 0 Å². The number of halogens is 1. The predicted molar refractivity (Wildman–Crippen MR) is 309 cm³/mol. The van der Waals surface area contributed by atoms with E-state index in [2.05, 4.69) is 171 Å². The van der Waals surface area contributed by atoms with Crippen LogP contribution in [-0.2, 0) is 45.8 Å². The zero-order valence-electron chi connectivity index (χ0n) is 44.2. The minimum atomic E-state index is -0.292. The quantitative estimate of drug-likeness (QED) is 0.114. The molecule has 1 saturated carbocycles. The van der Waals surface area contributed by atoms with Gasteiger partial charge in [-0.05, 0) is 155 Å². The van der Waals surface area contributed by atoms with Crippen molar-refractivity contribution in [1.82, 2.24) is 15.0 Å². The molecule has 0 aliphatic heterocycles. The molecule has 1 aliphatic rings. The predicted octanol–water partition coefficient (Wildman–Crippen LogP) is 18.2. The molecule has 1 aliphatic carbocycles. The van der Waals surface area contributed by atoms with Gasteiger partial charge in [0.1, 0.15) is 5.58 Å². The number of aryl methyl sites for hydroxylation is 6. The average molecular weight is 1180 g/mol. The fourth-order valence-electron chi connectivity index (χ4n) is 10.8. The van der Waals surface area contributed by atoms with Crippen LogP contribution < -0.4 is 0 Å². The van der Waals surface area contributed by atoms with Gasteiger partial charge in [0.2, 0.25) is 0 Å². The Morgan fingerprint density at radius 2 is 1.23 bits per heavy atom. The summed E-state index contributed by atoms with van der Waals surface area (Å²) in [6.07, 6.45) is 14.6. The molecule has 0 N–H and O–H groups in total. The fraction of sp³-hybridized carbons (Fsp3) is 0.197. The van der Waals surface area contributed by atoms with Crippen LogP contribution in [0.25, 0.3) is 78.0 Å². The van der Waals surface area contributed by atoms with Crippen molar-refractivity contribution in [3.63, 3.8) is 0 Å². The van der Waals surface area contributed by atoms with Crippen LogP contribution in [0.15, 0.2) is 199 Å². The maximum absolute atomic E-state index is 13.2. The summed E-state index contributed by atoms with van der Waals surface area (Å²) in [5, 5.41) is 2.23. The van der Waals surface area contributed by atoms with E-state index in [1.54, 1.807) is 6.07 Å². The summed E-state index contributed by atoms with van der Waals surface area (Å²) >= 11 is 0. The Balaban J connectivity index is 0.000000174. The first kappa shape index (κ1) is 52.8. The number of hydrogen-bond donors (Lipinski definition) is 0. The van der Waals surface area contributed by atoms with E-state index >= 15 is 0 Å². The molecular formula is C71H61FIrN3O. The summed E-state index contributed by atoms with van der Waals surface area (Å²) < 4.78 is 19.5. The summed E-state index contributed by atoms with van der Waals surface area (Å²) in [5.74, 6) is 0.393. The van der Waals surface area contributed by atoms with Gasteiger partial charge in [-0.15, -0.1) is 83.4 Å². The molecular weight excluding hydrogens is 1120 g/mol. The van der Waals surface area contributed by atoms with Gasteiger partial charge < -0.3 is 19.4 Å². The molecule has 0 bridgehead atoms. The SMILES string of the molecule is Cc1cc(C2CCC(C)(C)CC2)ccc1-c1cc(-c2[c-]ccc3c2oc2ccccc23)ncc1C.Fc1c[c-]c(-c2ccc(CCc3cc(CCc4c[c-]c(-c5ccccn5)cc4)cc(-c4ccccc4)c3)cn2)cc1.[Ir+3]. The number of pyridine rings is 3. The van der Waals surface area contributed by atoms with Gasteiger partial charge in [0.05, 0.1) is 5.58 Å². The molecule has 77 heavy (non-hydrogen) atoms. The molecule has 1 fully saturated rings. The van der Waals surface area contributed by atoms with Gasteiger partial charge >= 0.3 is 20.1 Å². The molecule has 4 heterocycles. The van der Waals surface area contributed by atoms with Crippen molar-refractivity contribution in [1.29, 1.82) is 0 Å². The molecule has 0 unspecified atom stereocenters. The Kier molecular flexibility index (Phi) is 16.3. The van der Waals surface area contributed by atoms with Gasteiger partial charge in [0.15, 0.2) is 0 Å². The van der Waals surface area contributed by atoms with E-state index in [-0.39, 0.29) is 25.9 Å². The molecule has 4 nitrogen and oxygen atoms in total. The second-order valence-electron chi connectivity index (χ2n) is 21.3. The third-order valence-corrected chi connectivity index (χ3v) is 15.3. The van der Waals surface area contributed by atoms with E-state index in [9.17, 15) is 4.39 Å². The topological polar surface area (TPSA) is 51.8 Å². The van der Waals surface area contributed by atoms with Crippen molar-refractivity contribution in [2.45, 2.75) is 85.0 Å². The van der Waals surface area contributed by atoms with Gasteiger partial charge in [-0.25, -0.2) is 0 Å². The van der Waals surface area contributed by atoms with Crippen LogP contribution in [0.4, 0.5) is 4.39 Å². The van der Waals surface area contributed by atoms with Crippen molar-refractivity contribution in [2.75, 3.05) is 0 Å². The van der Waals surface area contributed by atoms with Gasteiger partial charge in [-0.2, -0.15) is 0 Å². The normalized spacial score (nSPS) is 13.2. The number of rotatable bonds is 12. The third-order valence-electron chi connectivity index (χ3n) is 15.3. The number of furan rings is 1. The number of nitrogens with zero attached hydrogens (tertiary/aromatic N) is 3. The Bertz CT molecular complexity index is 3750. The summed E-state index contributed by atoms with van der Waals surface area (Å²) in [7, 11) is 0. The van der Waals surface area contributed by atoms with Crippen molar-refractivity contribution in [3.05, 3.63) is 257 Å². The molecule has 382 valence electrons. The van der Waals surface area contributed by atoms with Crippen LogP contribution in [0.3, 0.4) is 0 Å². The van der Waals surface area contributed by atoms with Crippen molar-refractivity contribution >= 4 is 21.9 Å². The monoisotopic (exact) mass is 1180 g/mol. The van der Waals surface area contributed by atoms with E-state index in [1.807, 2.05) is 61.1 Å². The molecule has 11 aromatic rings. The zero-order valence-corrected chi connectivity index (χ0v) is 46.6. The maximum Gasteiger partial charge on any atom is 3.00 e. The summed E-state index contributed by atoms with van der Waals surface area (Å²) in [6, 6.07) is 69.8. The van der Waals surface area contributed by atoms with Crippen molar-refractivity contribution in [3.8, 4) is 56.0 Å². The molecule has 0 spiro atoms.